The van der Waals surface area contributed by atoms with Gasteiger partial charge in [-0.15, -0.1) is 0 Å². The van der Waals surface area contributed by atoms with E-state index < -0.39 is 0 Å². The highest BCUT2D eigenvalue weighted by Gasteiger charge is 1.88. The number of ether oxygens (including phenoxy) is 2. The molecule has 0 aliphatic heterocycles. The Morgan fingerprint density at radius 1 is 1.30 bits per heavy atom. The predicted molar refractivity (Wildman–Crippen MR) is 38.8 cm³/mol. The summed E-state index contributed by atoms with van der Waals surface area (Å²) >= 11 is 0. The van der Waals surface area contributed by atoms with Crippen molar-refractivity contribution in [2.75, 3.05) is 33.5 Å². The molecule has 0 aromatic heterocycles. The quantitative estimate of drug-likeness (QED) is 0.408. The van der Waals surface area contributed by atoms with Gasteiger partial charge in [0.25, 0.3) is 0 Å². The van der Waals surface area contributed by atoms with Crippen molar-refractivity contribution in [1.82, 2.24) is 0 Å². The fourth-order valence-corrected chi connectivity index (χ4v) is 0.490. The highest BCUT2D eigenvalue weighted by atomic mass is 16.5. The third-order valence-corrected chi connectivity index (χ3v) is 0.990. The van der Waals surface area contributed by atoms with Gasteiger partial charge in [0.15, 0.2) is 0 Å². The van der Waals surface area contributed by atoms with Crippen LogP contribution in [0.5, 0.6) is 0 Å². The number of hydrogen-bond acceptors (Lipinski definition) is 2. The van der Waals surface area contributed by atoms with E-state index in [1.54, 1.807) is 7.11 Å². The molecule has 3 heteroatoms. The van der Waals surface area contributed by atoms with E-state index in [0.29, 0.717) is 26.4 Å². The zero-order valence-electron chi connectivity index (χ0n) is 6.30. The Labute approximate surface area is 61.8 Å². The summed E-state index contributed by atoms with van der Waals surface area (Å²) in [7, 11) is 1.64. The lowest BCUT2D eigenvalue weighted by Gasteiger charge is -1.98. The molecule has 0 saturated carbocycles. The second kappa shape index (κ2) is 8.41. The molecule has 0 heterocycles. The molecule has 0 aromatic carbocycles. The minimum atomic E-state index is 0.562. The van der Waals surface area contributed by atoms with Gasteiger partial charge >= 0.3 is 0 Å². The molecule has 0 bridgehead atoms. The van der Waals surface area contributed by atoms with Gasteiger partial charge in [-0.25, -0.2) is 6.57 Å². The summed E-state index contributed by atoms with van der Waals surface area (Å²) < 4.78 is 9.87. The second-order valence-electron chi connectivity index (χ2n) is 1.84. The minimum absolute atomic E-state index is 0.562. The van der Waals surface area contributed by atoms with Gasteiger partial charge in [0.1, 0.15) is 0 Å². The van der Waals surface area contributed by atoms with E-state index >= 15 is 0 Å². The highest BCUT2D eigenvalue weighted by Crippen LogP contribution is 1.83. The molecule has 0 atom stereocenters. The number of nitrogens with zero attached hydrogens (tertiary/aromatic N) is 1. The van der Waals surface area contributed by atoms with Crippen LogP contribution in [0, 0.1) is 6.57 Å². The van der Waals surface area contributed by atoms with Crippen LogP contribution in [0.25, 0.3) is 4.85 Å². The van der Waals surface area contributed by atoms with Crippen LogP contribution in [-0.2, 0) is 9.47 Å². The molecule has 0 saturated heterocycles. The summed E-state index contributed by atoms with van der Waals surface area (Å²) in [5, 5.41) is 0. The van der Waals surface area contributed by atoms with Crippen molar-refractivity contribution in [3.63, 3.8) is 0 Å². The molecule has 0 fully saturated rings. The van der Waals surface area contributed by atoms with Crippen molar-refractivity contribution >= 4 is 0 Å². The fourth-order valence-electron chi connectivity index (χ4n) is 0.490. The van der Waals surface area contributed by atoms with Crippen molar-refractivity contribution in [2.45, 2.75) is 6.42 Å². The molecule has 3 nitrogen and oxygen atoms in total. The van der Waals surface area contributed by atoms with Crippen molar-refractivity contribution < 1.29 is 9.47 Å². The Bertz CT molecular complexity index is 98.3. The van der Waals surface area contributed by atoms with Crippen molar-refractivity contribution in [3.05, 3.63) is 11.4 Å². The molecule has 0 rings (SSSR count). The molecule has 0 aliphatic carbocycles. The largest absolute Gasteiger partial charge is 0.382 e. The van der Waals surface area contributed by atoms with Gasteiger partial charge in [0, 0.05) is 13.5 Å². The lowest BCUT2D eigenvalue weighted by atomic mass is 10.5. The zero-order valence-corrected chi connectivity index (χ0v) is 6.30. The molecule has 0 aliphatic rings. The van der Waals surface area contributed by atoms with Crippen LogP contribution in [-0.4, -0.2) is 33.5 Å². The van der Waals surface area contributed by atoms with E-state index in [-0.39, 0.29) is 0 Å². The number of methoxy groups -OCH3 is 1. The van der Waals surface area contributed by atoms with E-state index in [0.717, 1.165) is 6.42 Å². The zero-order chi connectivity index (χ0) is 7.66. The van der Waals surface area contributed by atoms with Gasteiger partial charge in [0.2, 0.25) is 6.54 Å². The first-order valence-corrected chi connectivity index (χ1v) is 3.31. The van der Waals surface area contributed by atoms with Crippen LogP contribution in [0.15, 0.2) is 0 Å². The Morgan fingerprint density at radius 2 is 2.10 bits per heavy atom. The number of hydrogen-bond donors (Lipinski definition) is 0. The summed E-state index contributed by atoms with van der Waals surface area (Å²) in [6, 6.07) is 0. The molecule has 10 heavy (non-hydrogen) atoms. The molecule has 0 unspecified atom stereocenters. The van der Waals surface area contributed by atoms with Gasteiger partial charge in [-0.1, -0.05) is 0 Å². The molecule has 0 radical (unpaired) electrons. The molecule has 0 aromatic rings. The monoisotopic (exact) mass is 143 g/mol. The Morgan fingerprint density at radius 3 is 2.70 bits per heavy atom. The SMILES string of the molecule is [C-]#[N+]CCCOCCOC. The summed E-state index contributed by atoms with van der Waals surface area (Å²) in [5.41, 5.74) is 0. The van der Waals surface area contributed by atoms with Crippen LogP contribution in [0.3, 0.4) is 0 Å². The van der Waals surface area contributed by atoms with Crippen LogP contribution < -0.4 is 0 Å². The van der Waals surface area contributed by atoms with Crippen LogP contribution in [0.1, 0.15) is 6.42 Å². The maximum Gasteiger partial charge on any atom is 0.216 e. The van der Waals surface area contributed by atoms with E-state index in [1.165, 1.54) is 0 Å². The van der Waals surface area contributed by atoms with Gasteiger partial charge in [-0.2, -0.15) is 0 Å². The molecule has 0 N–H and O–H groups in total. The molecule has 0 spiro atoms. The highest BCUT2D eigenvalue weighted by molar-refractivity contribution is 4.56. The van der Waals surface area contributed by atoms with Crippen molar-refractivity contribution in [2.24, 2.45) is 0 Å². The van der Waals surface area contributed by atoms with E-state index in [2.05, 4.69) is 4.85 Å². The summed E-state index contributed by atoms with van der Waals surface area (Å²) in [4.78, 5) is 3.19. The Balaban J connectivity index is 2.72. The molecule has 0 amide bonds. The van der Waals surface area contributed by atoms with Crippen LogP contribution in [0.2, 0.25) is 0 Å². The van der Waals surface area contributed by atoms with Gasteiger partial charge in [-0.05, 0) is 0 Å². The standard InChI is InChI=1S/C7H13NO2/c1-8-4-3-5-10-7-6-9-2/h3-7H2,2H3. The van der Waals surface area contributed by atoms with Crippen molar-refractivity contribution in [1.29, 1.82) is 0 Å². The average Bonchev–Trinajstić information content (AvgIpc) is 1.97. The first-order chi connectivity index (χ1) is 4.91. The topological polar surface area (TPSA) is 22.8 Å². The summed E-state index contributed by atoms with van der Waals surface area (Å²) in [5.74, 6) is 0. The van der Waals surface area contributed by atoms with Crippen LogP contribution >= 0.6 is 0 Å². The third-order valence-electron chi connectivity index (χ3n) is 0.990. The maximum atomic E-state index is 6.46. The lowest BCUT2D eigenvalue weighted by molar-refractivity contribution is 0.0708. The Hall–Kier alpha value is -0.590. The minimum Gasteiger partial charge on any atom is -0.382 e. The molecular formula is C7H13NO2. The third kappa shape index (κ3) is 7.41. The second-order valence-corrected chi connectivity index (χ2v) is 1.84. The first kappa shape index (κ1) is 9.41. The maximum absolute atomic E-state index is 6.46. The fraction of sp³-hybridized carbons (Fsp3) is 0.857. The first-order valence-electron chi connectivity index (χ1n) is 3.31. The summed E-state index contributed by atoms with van der Waals surface area (Å²) in [6.45, 7) is 8.97. The van der Waals surface area contributed by atoms with Gasteiger partial charge in [0.05, 0.1) is 19.8 Å². The van der Waals surface area contributed by atoms with Crippen molar-refractivity contribution in [3.8, 4) is 0 Å². The van der Waals surface area contributed by atoms with E-state index in [4.69, 9.17) is 16.0 Å². The van der Waals surface area contributed by atoms with Gasteiger partial charge < -0.3 is 14.3 Å². The Kier molecular flexibility index (Phi) is 7.91. The van der Waals surface area contributed by atoms with E-state index in [1.807, 2.05) is 0 Å². The average molecular weight is 143 g/mol. The number of rotatable bonds is 6. The predicted octanol–water partition coefficient (Wildman–Crippen LogP) is 0.959. The lowest BCUT2D eigenvalue weighted by Crippen LogP contribution is -2.03. The smallest absolute Gasteiger partial charge is 0.216 e. The van der Waals surface area contributed by atoms with E-state index in [9.17, 15) is 0 Å². The molecular weight excluding hydrogens is 130 g/mol. The normalized spacial score (nSPS) is 9.20. The van der Waals surface area contributed by atoms with Gasteiger partial charge in [-0.3, -0.25) is 0 Å². The summed E-state index contributed by atoms with van der Waals surface area (Å²) in [6.07, 6.45) is 0.827. The molecule has 58 valence electrons. The van der Waals surface area contributed by atoms with Crippen LogP contribution in [0.4, 0.5) is 0 Å².